The number of nitrogen functional groups attached to an aromatic ring is 1. The van der Waals surface area contributed by atoms with Crippen LogP contribution < -0.4 is 11.1 Å². The Morgan fingerprint density at radius 2 is 2.18 bits per heavy atom. The summed E-state index contributed by atoms with van der Waals surface area (Å²) in [5.74, 6) is 6.22. The van der Waals surface area contributed by atoms with Crippen LogP contribution in [0.4, 0.5) is 17.5 Å². The Labute approximate surface area is 161 Å². The maximum atomic E-state index is 9.00. The third-order valence-electron chi connectivity index (χ3n) is 3.31. The zero-order valence-corrected chi connectivity index (χ0v) is 15.2. The van der Waals surface area contributed by atoms with E-state index in [1.54, 1.807) is 18.5 Å². The molecule has 2 heterocycles. The molecular weight excluding hydrogens is 358 g/mol. The van der Waals surface area contributed by atoms with E-state index in [0.717, 1.165) is 35.5 Å². The van der Waals surface area contributed by atoms with Gasteiger partial charge in [-0.15, -0.1) is 0 Å². The minimum absolute atomic E-state index is 0.210. The predicted molar refractivity (Wildman–Crippen MR) is 105 cm³/mol. The van der Waals surface area contributed by atoms with Crippen molar-refractivity contribution in [2.45, 2.75) is 26.2 Å². The van der Waals surface area contributed by atoms with Crippen LogP contribution >= 0.6 is 0 Å². The molecule has 3 rings (SSSR count). The van der Waals surface area contributed by atoms with Gasteiger partial charge in [-0.05, 0) is 24.6 Å². The highest BCUT2D eigenvalue weighted by Crippen LogP contribution is 2.24. The van der Waals surface area contributed by atoms with Crippen molar-refractivity contribution in [3.63, 3.8) is 0 Å². The van der Waals surface area contributed by atoms with Crippen molar-refractivity contribution in [1.29, 1.82) is 5.26 Å². The van der Waals surface area contributed by atoms with Crippen molar-refractivity contribution in [1.82, 2.24) is 20.2 Å². The second kappa shape index (κ2) is 10.1. The van der Waals surface area contributed by atoms with Crippen molar-refractivity contribution < 1.29 is 9.90 Å². The van der Waals surface area contributed by atoms with Gasteiger partial charge in [0, 0.05) is 37.0 Å². The fourth-order valence-electron chi connectivity index (χ4n) is 2.23. The summed E-state index contributed by atoms with van der Waals surface area (Å²) in [6.45, 7) is 1.08. The molecule has 0 amide bonds. The number of hydrogen-bond donors (Lipinski definition) is 4. The lowest BCUT2D eigenvalue weighted by Crippen LogP contribution is -1.99. The number of H-pyrrole nitrogens is 1. The van der Waals surface area contributed by atoms with Gasteiger partial charge in [0.1, 0.15) is 5.82 Å². The van der Waals surface area contributed by atoms with E-state index in [2.05, 4.69) is 43.4 Å². The van der Waals surface area contributed by atoms with Crippen LogP contribution in [0.1, 0.15) is 31.7 Å². The second-order valence-corrected chi connectivity index (χ2v) is 5.62. The number of carboxylic acids is 1. The number of rotatable bonds is 4. The monoisotopic (exact) mass is 377 g/mol. The molecule has 28 heavy (non-hydrogen) atoms. The number of nitrogens with zero attached hydrogens (tertiary/aromatic N) is 4. The van der Waals surface area contributed by atoms with Gasteiger partial charge in [-0.1, -0.05) is 11.8 Å². The lowest BCUT2D eigenvalue weighted by Gasteiger charge is -2.07. The first-order chi connectivity index (χ1) is 13.5. The van der Waals surface area contributed by atoms with Gasteiger partial charge in [0.15, 0.2) is 0 Å². The first-order valence-electron chi connectivity index (χ1n) is 8.37. The molecule has 0 aliphatic heterocycles. The first kappa shape index (κ1) is 20.2. The smallest absolute Gasteiger partial charge is 0.300 e. The van der Waals surface area contributed by atoms with Crippen LogP contribution in [0.5, 0.6) is 0 Å². The maximum Gasteiger partial charge on any atom is 0.300 e. The van der Waals surface area contributed by atoms with Gasteiger partial charge in [0.25, 0.3) is 5.97 Å². The van der Waals surface area contributed by atoms with E-state index in [-0.39, 0.29) is 5.95 Å². The largest absolute Gasteiger partial charge is 0.481 e. The van der Waals surface area contributed by atoms with Gasteiger partial charge >= 0.3 is 0 Å². The summed E-state index contributed by atoms with van der Waals surface area (Å²) in [5, 5.41) is 27.1. The normalized spacial score (nSPS) is 9.43. The Hall–Kier alpha value is -4.11. The molecular formula is C19H19N7O2. The van der Waals surface area contributed by atoms with E-state index in [0.29, 0.717) is 18.7 Å². The van der Waals surface area contributed by atoms with E-state index in [1.165, 1.54) is 0 Å². The fourth-order valence-corrected chi connectivity index (χ4v) is 2.23. The van der Waals surface area contributed by atoms with Crippen molar-refractivity contribution in [3.05, 3.63) is 36.2 Å². The average molecular weight is 377 g/mol. The van der Waals surface area contributed by atoms with E-state index >= 15 is 0 Å². The average Bonchev–Trinajstić information content (AvgIpc) is 3.10. The van der Waals surface area contributed by atoms with E-state index in [9.17, 15) is 0 Å². The summed E-state index contributed by atoms with van der Waals surface area (Å²) in [6, 6.07) is 7.74. The van der Waals surface area contributed by atoms with E-state index < -0.39 is 5.97 Å². The van der Waals surface area contributed by atoms with Crippen LogP contribution in [0.15, 0.2) is 30.6 Å². The summed E-state index contributed by atoms with van der Waals surface area (Å²) in [7, 11) is 0. The van der Waals surface area contributed by atoms with Gasteiger partial charge in [-0.25, -0.2) is 4.98 Å². The quantitative estimate of drug-likeness (QED) is 0.400. The Morgan fingerprint density at radius 1 is 1.39 bits per heavy atom. The Balaban J connectivity index is 0.000000640. The number of carbonyl (C=O) groups is 1. The molecule has 0 saturated heterocycles. The highest BCUT2D eigenvalue weighted by Gasteiger charge is 2.05. The first-order valence-corrected chi connectivity index (χ1v) is 8.37. The van der Waals surface area contributed by atoms with Gasteiger partial charge in [-0.2, -0.15) is 15.3 Å². The summed E-state index contributed by atoms with van der Waals surface area (Å²) in [4.78, 5) is 17.0. The highest BCUT2D eigenvalue weighted by molar-refractivity contribution is 5.88. The second-order valence-electron chi connectivity index (χ2n) is 5.62. The van der Waals surface area contributed by atoms with Crippen LogP contribution in [0.25, 0.3) is 10.9 Å². The molecule has 5 N–H and O–H groups in total. The molecule has 0 unspecified atom stereocenters. The van der Waals surface area contributed by atoms with Gasteiger partial charge in [-0.3, -0.25) is 9.89 Å². The van der Waals surface area contributed by atoms with Crippen LogP contribution in [0.3, 0.4) is 0 Å². The molecule has 0 radical (unpaired) electrons. The number of aromatic amines is 1. The minimum Gasteiger partial charge on any atom is -0.481 e. The predicted octanol–water partition coefficient (Wildman–Crippen LogP) is 2.81. The molecule has 9 heteroatoms. The van der Waals surface area contributed by atoms with Crippen LogP contribution in [0.2, 0.25) is 0 Å². The molecule has 0 aliphatic rings. The number of hydrogen-bond acceptors (Lipinski definition) is 7. The van der Waals surface area contributed by atoms with Crippen molar-refractivity contribution in [3.8, 4) is 17.9 Å². The Kier molecular flexibility index (Phi) is 7.32. The van der Waals surface area contributed by atoms with Gasteiger partial charge in [0.2, 0.25) is 5.95 Å². The summed E-state index contributed by atoms with van der Waals surface area (Å²) < 4.78 is 0. The lowest BCUT2D eigenvalue weighted by atomic mass is 10.1. The molecule has 0 saturated carbocycles. The Bertz CT molecular complexity index is 1050. The summed E-state index contributed by atoms with van der Waals surface area (Å²) in [6.07, 6.45) is 5.31. The van der Waals surface area contributed by atoms with Crippen molar-refractivity contribution >= 4 is 34.3 Å². The lowest BCUT2D eigenvalue weighted by molar-refractivity contribution is -0.134. The number of unbranched alkanes of at least 4 members (excludes halogenated alkanes) is 2. The molecule has 2 aromatic heterocycles. The molecule has 0 atom stereocenters. The minimum atomic E-state index is -0.833. The number of fused-ring (bicyclic) bond motifs is 1. The summed E-state index contributed by atoms with van der Waals surface area (Å²) in [5.41, 5.74) is 8.16. The molecule has 0 aliphatic carbocycles. The zero-order chi connectivity index (χ0) is 20.4. The number of carboxylic acid groups (broad SMARTS) is 1. The third kappa shape index (κ3) is 6.32. The van der Waals surface area contributed by atoms with E-state index in [1.807, 2.05) is 12.1 Å². The number of nitrogens with two attached hydrogens (primary N) is 1. The topological polar surface area (TPSA) is 154 Å². The molecule has 0 spiro atoms. The molecule has 142 valence electrons. The molecule has 0 fully saturated rings. The molecule has 0 bridgehead atoms. The number of aromatic nitrogens is 4. The maximum absolute atomic E-state index is 9.00. The zero-order valence-electron chi connectivity index (χ0n) is 15.2. The fraction of sp³-hybridized carbons (Fsp3) is 0.211. The van der Waals surface area contributed by atoms with Gasteiger partial charge in [0.05, 0.1) is 23.3 Å². The van der Waals surface area contributed by atoms with Crippen molar-refractivity contribution in [2.75, 3.05) is 11.1 Å². The summed E-state index contributed by atoms with van der Waals surface area (Å²) >= 11 is 0. The highest BCUT2D eigenvalue weighted by atomic mass is 16.4. The Morgan fingerprint density at radius 3 is 2.89 bits per heavy atom. The van der Waals surface area contributed by atoms with Crippen LogP contribution in [-0.2, 0) is 4.79 Å². The number of nitrogens with one attached hydrogen (secondary N) is 2. The van der Waals surface area contributed by atoms with Crippen LogP contribution in [0, 0.1) is 23.2 Å². The molecule has 9 nitrogen and oxygen atoms in total. The van der Waals surface area contributed by atoms with Crippen LogP contribution in [-0.4, -0.2) is 31.2 Å². The number of anilines is 3. The molecule has 3 aromatic rings. The standard InChI is InChI=1S/C17H15N7.C2H4O2/c18-7-4-2-1-3-5-12-9-14(10-13-11-21-24-16(12)13)22-15-6-8-20-17(19)23-15;1-2(3)4/h6,8-11H,1-2,4H2,(H,21,24)(H3,19,20,22,23);1H3,(H,3,4). The SMILES string of the molecule is CC(=O)O.N#CCCCC#Cc1cc(Nc2ccnc(N)n2)cc2cn[nH]c12. The van der Waals surface area contributed by atoms with Crippen molar-refractivity contribution in [2.24, 2.45) is 0 Å². The third-order valence-corrected chi connectivity index (χ3v) is 3.31. The number of nitriles is 1. The number of aliphatic carboxylic acids is 1. The van der Waals surface area contributed by atoms with Gasteiger partial charge < -0.3 is 16.2 Å². The molecule has 1 aromatic carbocycles. The number of benzene rings is 1. The van der Waals surface area contributed by atoms with E-state index in [4.69, 9.17) is 20.9 Å².